The Bertz CT molecular complexity index is 161. The Morgan fingerprint density at radius 1 is 1.38 bits per heavy atom. The van der Waals surface area contributed by atoms with E-state index in [0.29, 0.717) is 6.54 Å². The van der Waals surface area contributed by atoms with E-state index < -0.39 is 0 Å². The van der Waals surface area contributed by atoms with Gasteiger partial charge in [0.1, 0.15) is 6.61 Å². The summed E-state index contributed by atoms with van der Waals surface area (Å²) in [5.74, 6) is 0.134. The molecule has 0 amide bonds. The largest absolute Gasteiger partial charge is 0.377 e. The highest BCUT2D eigenvalue weighted by molar-refractivity contribution is 5.81. The molecule has 0 aliphatic heterocycles. The number of ether oxygens (including phenoxy) is 1. The highest BCUT2D eigenvalue weighted by Gasteiger charge is 2.15. The number of rotatable bonds is 5. The summed E-state index contributed by atoms with van der Waals surface area (Å²) in [4.78, 5) is 13.2. The second-order valence-corrected chi connectivity index (χ2v) is 4.70. The molecule has 0 N–H and O–H groups in total. The molecular weight excluding hydrogens is 166 g/mol. The van der Waals surface area contributed by atoms with Crippen LogP contribution in [-0.2, 0) is 9.53 Å². The number of carbonyl (C=O) groups excluding carboxylic acids is 1. The van der Waals surface area contributed by atoms with Gasteiger partial charge in [0.2, 0.25) is 0 Å². The lowest BCUT2D eigenvalue weighted by molar-refractivity contribution is -0.123. The third-order valence-corrected chi connectivity index (χ3v) is 1.50. The van der Waals surface area contributed by atoms with Crippen molar-refractivity contribution >= 4 is 5.78 Å². The molecule has 0 aliphatic carbocycles. The molecule has 3 heteroatoms. The number of likely N-dealkylation sites (N-methyl/N-ethyl adjacent to an activating group) is 1. The number of Topliss-reactive ketones (excluding diaryl/α,β-unsaturated/α-hetero) is 1. The lowest BCUT2D eigenvalue weighted by Gasteiger charge is -2.25. The molecule has 13 heavy (non-hydrogen) atoms. The van der Waals surface area contributed by atoms with Gasteiger partial charge in [0.05, 0.1) is 6.54 Å². The van der Waals surface area contributed by atoms with Crippen LogP contribution in [0.5, 0.6) is 0 Å². The molecule has 0 unspecified atom stereocenters. The van der Waals surface area contributed by atoms with Crippen molar-refractivity contribution in [3.63, 3.8) is 0 Å². The van der Waals surface area contributed by atoms with Crippen molar-refractivity contribution in [3.8, 4) is 0 Å². The van der Waals surface area contributed by atoms with E-state index in [-0.39, 0.29) is 17.8 Å². The summed E-state index contributed by atoms with van der Waals surface area (Å²) >= 11 is 0. The minimum atomic E-state index is 0.134. The Hall–Kier alpha value is -0.410. The number of nitrogens with zero attached hydrogens (tertiary/aromatic N) is 1. The summed E-state index contributed by atoms with van der Waals surface area (Å²) in [6.07, 6.45) is 0. The molecule has 0 saturated heterocycles. The topological polar surface area (TPSA) is 29.5 Å². The third-order valence-electron chi connectivity index (χ3n) is 1.50. The van der Waals surface area contributed by atoms with Gasteiger partial charge >= 0.3 is 0 Å². The van der Waals surface area contributed by atoms with Crippen molar-refractivity contribution < 1.29 is 9.53 Å². The van der Waals surface area contributed by atoms with Gasteiger partial charge in [0.25, 0.3) is 0 Å². The zero-order valence-electron chi connectivity index (χ0n) is 9.39. The average Bonchev–Trinajstić information content (AvgIpc) is 1.81. The van der Waals surface area contributed by atoms with Crippen molar-refractivity contribution in [3.05, 3.63) is 0 Å². The number of ketones is 1. The highest BCUT2D eigenvalue weighted by atomic mass is 16.5. The maximum Gasteiger partial charge on any atom is 0.172 e. The SMILES string of the molecule is COCC(=O)CN(C)CC(C)(C)C. The molecule has 0 aromatic rings. The van der Waals surface area contributed by atoms with E-state index in [0.717, 1.165) is 6.54 Å². The van der Waals surface area contributed by atoms with Crippen molar-refractivity contribution in [1.29, 1.82) is 0 Å². The first-order valence-corrected chi connectivity index (χ1v) is 4.54. The normalized spacial score (nSPS) is 12.2. The summed E-state index contributed by atoms with van der Waals surface area (Å²) in [5.41, 5.74) is 0.238. The van der Waals surface area contributed by atoms with Crippen molar-refractivity contribution in [2.45, 2.75) is 20.8 Å². The Balaban J connectivity index is 3.74. The molecule has 0 radical (unpaired) electrons. The van der Waals surface area contributed by atoms with Crippen molar-refractivity contribution in [2.24, 2.45) is 5.41 Å². The molecule has 0 rings (SSSR count). The van der Waals surface area contributed by atoms with Gasteiger partial charge in [-0.2, -0.15) is 0 Å². The zero-order chi connectivity index (χ0) is 10.5. The standard InChI is InChI=1S/C10H21NO2/c1-10(2,3)8-11(4)6-9(12)7-13-5/h6-8H2,1-5H3. The molecule has 0 bridgehead atoms. The van der Waals surface area contributed by atoms with Crippen LogP contribution in [0.2, 0.25) is 0 Å². The van der Waals surface area contributed by atoms with Crippen LogP contribution in [0.15, 0.2) is 0 Å². The number of hydrogen-bond acceptors (Lipinski definition) is 3. The Labute approximate surface area is 81.1 Å². The lowest BCUT2D eigenvalue weighted by Crippen LogP contribution is -2.34. The highest BCUT2D eigenvalue weighted by Crippen LogP contribution is 2.13. The van der Waals surface area contributed by atoms with E-state index >= 15 is 0 Å². The minimum Gasteiger partial charge on any atom is -0.377 e. The van der Waals surface area contributed by atoms with E-state index in [1.165, 1.54) is 0 Å². The summed E-state index contributed by atoms with van der Waals surface area (Å²) in [6.45, 7) is 8.08. The van der Waals surface area contributed by atoms with E-state index in [4.69, 9.17) is 4.74 Å². The van der Waals surface area contributed by atoms with Gasteiger partial charge in [-0.3, -0.25) is 9.69 Å². The maximum atomic E-state index is 11.2. The summed E-state index contributed by atoms with van der Waals surface area (Å²) in [5, 5.41) is 0. The average molecular weight is 187 g/mol. The first-order chi connectivity index (χ1) is 5.85. The Morgan fingerprint density at radius 3 is 2.31 bits per heavy atom. The van der Waals surface area contributed by atoms with Gasteiger partial charge in [0.15, 0.2) is 5.78 Å². The van der Waals surface area contributed by atoms with Crippen LogP contribution in [0.3, 0.4) is 0 Å². The van der Waals surface area contributed by atoms with Crippen LogP contribution in [0.1, 0.15) is 20.8 Å². The molecule has 78 valence electrons. The summed E-state index contributed by atoms with van der Waals surface area (Å²) in [7, 11) is 3.50. The predicted octanol–water partition coefficient (Wildman–Crippen LogP) is 1.18. The van der Waals surface area contributed by atoms with Crippen molar-refractivity contribution in [2.75, 3.05) is 33.9 Å². The maximum absolute atomic E-state index is 11.2. The zero-order valence-corrected chi connectivity index (χ0v) is 9.39. The molecular formula is C10H21NO2. The molecule has 0 spiro atoms. The van der Waals surface area contributed by atoms with Gasteiger partial charge in [-0.25, -0.2) is 0 Å². The van der Waals surface area contributed by atoms with Gasteiger partial charge < -0.3 is 4.74 Å². The fourth-order valence-corrected chi connectivity index (χ4v) is 1.37. The predicted molar refractivity (Wildman–Crippen MR) is 53.8 cm³/mol. The Morgan fingerprint density at radius 2 is 1.92 bits per heavy atom. The lowest BCUT2D eigenvalue weighted by atomic mass is 9.96. The monoisotopic (exact) mass is 187 g/mol. The molecule has 0 saturated carbocycles. The summed E-state index contributed by atoms with van der Waals surface area (Å²) in [6, 6.07) is 0. The van der Waals surface area contributed by atoms with Crippen LogP contribution < -0.4 is 0 Å². The van der Waals surface area contributed by atoms with Gasteiger partial charge in [-0.05, 0) is 12.5 Å². The Kier molecular flexibility index (Phi) is 5.18. The first kappa shape index (κ1) is 12.6. The van der Waals surface area contributed by atoms with E-state index in [9.17, 15) is 4.79 Å². The van der Waals surface area contributed by atoms with Crippen LogP contribution in [0.4, 0.5) is 0 Å². The first-order valence-electron chi connectivity index (χ1n) is 4.54. The number of hydrogen-bond donors (Lipinski definition) is 0. The van der Waals surface area contributed by atoms with Gasteiger partial charge in [0, 0.05) is 13.7 Å². The second kappa shape index (κ2) is 5.35. The van der Waals surface area contributed by atoms with E-state index in [2.05, 4.69) is 20.8 Å². The van der Waals surface area contributed by atoms with E-state index in [1.807, 2.05) is 11.9 Å². The number of carbonyl (C=O) groups is 1. The smallest absolute Gasteiger partial charge is 0.172 e. The number of methoxy groups -OCH3 is 1. The minimum absolute atomic E-state index is 0.134. The third kappa shape index (κ3) is 7.94. The van der Waals surface area contributed by atoms with Crippen molar-refractivity contribution in [1.82, 2.24) is 4.90 Å². The molecule has 3 nitrogen and oxygen atoms in total. The molecule has 0 atom stereocenters. The van der Waals surface area contributed by atoms with Crippen LogP contribution in [0, 0.1) is 5.41 Å². The van der Waals surface area contributed by atoms with Crippen LogP contribution in [-0.4, -0.2) is 44.5 Å². The fraction of sp³-hybridized carbons (Fsp3) is 0.900. The quantitative estimate of drug-likeness (QED) is 0.647. The molecule has 0 aromatic heterocycles. The van der Waals surface area contributed by atoms with Gasteiger partial charge in [-0.15, -0.1) is 0 Å². The fourth-order valence-electron chi connectivity index (χ4n) is 1.37. The van der Waals surface area contributed by atoms with Gasteiger partial charge in [-0.1, -0.05) is 20.8 Å². The van der Waals surface area contributed by atoms with Crippen LogP contribution in [0.25, 0.3) is 0 Å². The molecule has 0 aromatic carbocycles. The molecule has 0 aliphatic rings. The van der Waals surface area contributed by atoms with E-state index in [1.54, 1.807) is 7.11 Å². The van der Waals surface area contributed by atoms with Crippen LogP contribution >= 0.6 is 0 Å². The molecule has 0 heterocycles. The summed E-state index contributed by atoms with van der Waals surface area (Å²) < 4.78 is 4.76. The molecule has 0 fully saturated rings. The second-order valence-electron chi connectivity index (χ2n) is 4.70.